The van der Waals surface area contributed by atoms with Crippen molar-refractivity contribution < 1.29 is 23.8 Å². The molecule has 0 saturated carbocycles. The van der Waals surface area contributed by atoms with E-state index in [9.17, 15) is 9.59 Å². The maximum atomic E-state index is 12.5. The van der Waals surface area contributed by atoms with Gasteiger partial charge in [0, 0.05) is 21.3 Å². The van der Waals surface area contributed by atoms with Gasteiger partial charge in [0.05, 0.1) is 24.9 Å². The van der Waals surface area contributed by atoms with Crippen LogP contribution in [0.25, 0.3) is 0 Å². The lowest BCUT2D eigenvalue weighted by Crippen LogP contribution is -2.21. The summed E-state index contributed by atoms with van der Waals surface area (Å²) in [7, 11) is 3.01. The first-order valence-corrected chi connectivity index (χ1v) is 11.9. The number of nitrogens with one attached hydrogen (secondary N) is 2. The van der Waals surface area contributed by atoms with Crippen LogP contribution in [0.4, 0.5) is 5.69 Å². The molecule has 2 amide bonds. The van der Waals surface area contributed by atoms with Gasteiger partial charge in [0.2, 0.25) is 0 Å². The molecular weight excluding hydrogens is 582 g/mol. The molecule has 10 heteroatoms. The Kier molecular flexibility index (Phi) is 9.27. The van der Waals surface area contributed by atoms with Crippen LogP contribution in [0.15, 0.2) is 68.6 Å². The third-order valence-electron chi connectivity index (χ3n) is 4.70. The summed E-state index contributed by atoms with van der Waals surface area (Å²) in [6, 6.07) is 15.8. The lowest BCUT2D eigenvalue weighted by molar-refractivity contribution is -0.118. The molecule has 3 aromatic carbocycles. The zero-order chi connectivity index (χ0) is 25.4. The Morgan fingerprint density at radius 2 is 1.77 bits per heavy atom. The first kappa shape index (κ1) is 26.2. The maximum Gasteiger partial charge on any atom is 0.271 e. The van der Waals surface area contributed by atoms with Gasteiger partial charge in [-0.2, -0.15) is 5.10 Å². The van der Waals surface area contributed by atoms with Crippen molar-refractivity contribution in [3.63, 3.8) is 0 Å². The van der Waals surface area contributed by atoms with Gasteiger partial charge in [-0.15, -0.1) is 0 Å². The molecule has 0 aliphatic heterocycles. The number of ether oxygens (including phenoxy) is 3. The van der Waals surface area contributed by atoms with Gasteiger partial charge >= 0.3 is 0 Å². The fourth-order valence-corrected chi connectivity index (χ4v) is 4.46. The fourth-order valence-electron chi connectivity index (χ4n) is 3.09. The average molecular weight is 605 g/mol. The van der Waals surface area contributed by atoms with E-state index in [0.717, 1.165) is 10.0 Å². The zero-order valence-electron chi connectivity index (χ0n) is 19.2. The lowest BCUT2D eigenvalue weighted by atomic mass is 10.2. The van der Waals surface area contributed by atoms with E-state index in [1.165, 1.54) is 20.4 Å². The summed E-state index contributed by atoms with van der Waals surface area (Å²) in [5.74, 6) is 0.600. The van der Waals surface area contributed by atoms with Crippen molar-refractivity contribution in [1.29, 1.82) is 0 Å². The molecule has 182 valence electrons. The van der Waals surface area contributed by atoms with Crippen LogP contribution < -0.4 is 25.0 Å². The third-order valence-corrected chi connectivity index (χ3v) is 5.75. The second-order valence-corrected chi connectivity index (χ2v) is 9.05. The number of hydrogen-bond donors (Lipinski definition) is 2. The van der Waals surface area contributed by atoms with Crippen molar-refractivity contribution in [2.24, 2.45) is 5.10 Å². The number of rotatable bonds is 9. The van der Waals surface area contributed by atoms with Gasteiger partial charge in [-0.25, -0.2) is 5.43 Å². The molecule has 35 heavy (non-hydrogen) atoms. The summed E-state index contributed by atoms with van der Waals surface area (Å²) in [5, 5.41) is 6.84. The van der Waals surface area contributed by atoms with Crippen LogP contribution in [0.3, 0.4) is 0 Å². The Labute approximate surface area is 219 Å². The average Bonchev–Trinajstić information content (AvgIpc) is 2.82. The number of carbonyl (C=O) groups excluding carboxylic acids is 2. The minimum Gasteiger partial charge on any atom is -0.493 e. The monoisotopic (exact) mass is 603 g/mol. The molecule has 2 N–H and O–H groups in total. The zero-order valence-corrected chi connectivity index (χ0v) is 22.4. The highest BCUT2D eigenvalue weighted by molar-refractivity contribution is 9.11. The Hall–Kier alpha value is -3.37. The second-order valence-electron chi connectivity index (χ2n) is 7.28. The smallest absolute Gasteiger partial charge is 0.271 e. The van der Waals surface area contributed by atoms with Gasteiger partial charge in [-0.3, -0.25) is 9.59 Å². The summed E-state index contributed by atoms with van der Waals surface area (Å²) in [6.45, 7) is 1.73. The predicted molar refractivity (Wildman–Crippen MR) is 142 cm³/mol. The molecule has 0 spiro atoms. The summed E-state index contributed by atoms with van der Waals surface area (Å²) < 4.78 is 17.6. The van der Waals surface area contributed by atoms with Crippen molar-refractivity contribution in [1.82, 2.24) is 5.43 Å². The highest BCUT2D eigenvalue weighted by Crippen LogP contribution is 2.32. The molecule has 0 heterocycles. The first-order valence-electron chi connectivity index (χ1n) is 10.3. The van der Waals surface area contributed by atoms with Gasteiger partial charge in [0.25, 0.3) is 11.8 Å². The molecule has 0 atom stereocenters. The van der Waals surface area contributed by atoms with Gasteiger partial charge < -0.3 is 19.5 Å². The van der Waals surface area contributed by atoms with Crippen molar-refractivity contribution in [2.45, 2.75) is 6.92 Å². The number of methoxy groups -OCH3 is 2. The normalized spacial score (nSPS) is 10.7. The first-order chi connectivity index (χ1) is 16.8. The molecule has 0 aliphatic carbocycles. The molecular formula is C25H23Br2N3O5. The maximum absolute atomic E-state index is 12.5. The number of amides is 2. The quantitative estimate of drug-likeness (QED) is 0.254. The Bertz CT molecular complexity index is 1260. The fraction of sp³-hybridized carbons (Fsp3) is 0.160. The van der Waals surface area contributed by atoms with Gasteiger partial charge in [-0.1, -0.05) is 28.1 Å². The topological polar surface area (TPSA) is 98.3 Å². The number of carbonyl (C=O) groups is 2. The predicted octanol–water partition coefficient (Wildman–Crippen LogP) is 5.32. The van der Waals surface area contributed by atoms with Gasteiger partial charge in [-0.05, 0) is 70.9 Å². The van der Waals surface area contributed by atoms with Crippen molar-refractivity contribution in [2.75, 3.05) is 26.1 Å². The van der Waals surface area contributed by atoms with Crippen LogP contribution in [-0.4, -0.2) is 38.9 Å². The minimum absolute atomic E-state index is 0.215. The number of anilines is 1. The summed E-state index contributed by atoms with van der Waals surface area (Å²) in [6.07, 6.45) is 1.43. The minimum atomic E-state index is -0.434. The van der Waals surface area contributed by atoms with Crippen molar-refractivity contribution in [3.8, 4) is 17.2 Å². The Morgan fingerprint density at radius 3 is 2.49 bits per heavy atom. The Morgan fingerprint density at radius 1 is 1.00 bits per heavy atom. The summed E-state index contributed by atoms with van der Waals surface area (Å²) in [4.78, 5) is 24.9. The number of benzene rings is 3. The molecule has 0 aromatic heterocycles. The molecule has 0 aliphatic rings. The highest BCUT2D eigenvalue weighted by Gasteiger charge is 2.13. The third kappa shape index (κ3) is 7.30. The van der Waals surface area contributed by atoms with E-state index in [0.29, 0.717) is 38.5 Å². The van der Waals surface area contributed by atoms with E-state index < -0.39 is 5.91 Å². The van der Waals surface area contributed by atoms with Crippen LogP contribution in [0.5, 0.6) is 17.2 Å². The number of hydrazone groups is 1. The van der Waals surface area contributed by atoms with Crippen LogP contribution in [-0.2, 0) is 4.79 Å². The van der Waals surface area contributed by atoms with Gasteiger partial charge in [0.15, 0.2) is 18.1 Å². The van der Waals surface area contributed by atoms with E-state index in [1.807, 2.05) is 25.1 Å². The van der Waals surface area contributed by atoms with Crippen molar-refractivity contribution >= 4 is 55.6 Å². The molecule has 0 radical (unpaired) electrons. The molecule has 0 fully saturated rings. The molecule has 8 nitrogen and oxygen atoms in total. The highest BCUT2D eigenvalue weighted by atomic mass is 79.9. The van der Waals surface area contributed by atoms with Crippen molar-refractivity contribution in [3.05, 3.63) is 80.2 Å². The number of hydrogen-bond acceptors (Lipinski definition) is 6. The number of nitrogens with zero attached hydrogens (tertiary/aromatic N) is 1. The lowest BCUT2D eigenvalue weighted by Gasteiger charge is -2.12. The van der Waals surface area contributed by atoms with E-state index in [2.05, 4.69) is 47.7 Å². The molecule has 3 aromatic rings. The number of aryl methyl sites for hydroxylation is 1. The van der Waals surface area contributed by atoms with Crippen LogP contribution in [0.2, 0.25) is 0 Å². The molecule has 0 unspecified atom stereocenters. The summed E-state index contributed by atoms with van der Waals surface area (Å²) >= 11 is 6.88. The van der Waals surface area contributed by atoms with Crippen LogP contribution >= 0.6 is 31.9 Å². The van der Waals surface area contributed by atoms with E-state index >= 15 is 0 Å². The SMILES string of the molecule is COc1ccc(C(=O)N/N=C/c2cc(Br)cc(Br)c2OCC(=O)Nc2cccc(C)c2)cc1OC. The van der Waals surface area contributed by atoms with E-state index in [1.54, 1.807) is 36.4 Å². The van der Waals surface area contributed by atoms with Crippen LogP contribution in [0.1, 0.15) is 21.5 Å². The Balaban J connectivity index is 1.69. The molecule has 3 rings (SSSR count). The van der Waals surface area contributed by atoms with Crippen LogP contribution in [0, 0.1) is 6.92 Å². The van der Waals surface area contributed by atoms with E-state index in [-0.39, 0.29) is 12.5 Å². The summed E-state index contributed by atoms with van der Waals surface area (Å²) in [5.41, 5.74) is 5.09. The van der Waals surface area contributed by atoms with Gasteiger partial charge in [0.1, 0.15) is 5.75 Å². The standard InChI is InChI=1S/C25H23Br2N3O5/c1-15-5-4-6-19(9-15)29-23(31)14-35-24-17(10-18(26)12-20(24)27)13-28-30-25(32)16-7-8-21(33-2)22(11-16)34-3/h4-13H,14H2,1-3H3,(H,29,31)(H,30,32)/b28-13+. The second kappa shape index (κ2) is 12.4. The molecule has 0 saturated heterocycles. The number of halogens is 2. The van der Waals surface area contributed by atoms with E-state index in [4.69, 9.17) is 14.2 Å². The largest absolute Gasteiger partial charge is 0.493 e. The molecule has 0 bridgehead atoms.